The number of benzene rings is 2. The van der Waals surface area contributed by atoms with Gasteiger partial charge in [-0.2, -0.15) is 0 Å². The molecule has 108 valence electrons. The molecule has 2 unspecified atom stereocenters. The van der Waals surface area contributed by atoms with Crippen LogP contribution in [0.2, 0.25) is 0 Å². The molecule has 3 nitrogen and oxygen atoms in total. The van der Waals surface area contributed by atoms with E-state index in [4.69, 9.17) is 11.6 Å². The van der Waals surface area contributed by atoms with Crippen LogP contribution in [-0.4, -0.2) is 16.4 Å². The summed E-state index contributed by atoms with van der Waals surface area (Å²) in [6.07, 6.45) is 0.664. The monoisotopic (exact) mass is 305 g/mol. The Morgan fingerprint density at radius 1 is 1.29 bits per heavy atom. The van der Waals surface area contributed by atoms with Gasteiger partial charge in [0.25, 0.3) is 5.91 Å². The highest BCUT2D eigenvalue weighted by molar-refractivity contribution is 6.21. The standard InChI is InChI=1S/C16H13ClFNO2/c17-13-7-9-3-1-2-4-11(9)15(13)19-16(21)12-8-10(18)5-6-14(12)20/h1-6,8,13,15,20H,7H2,(H,19,21). The SMILES string of the molecule is O=C(NC1c2ccccc2CC1Cl)c1cc(F)ccc1O. The van der Waals surface area contributed by atoms with E-state index in [2.05, 4.69) is 5.32 Å². The van der Waals surface area contributed by atoms with Crippen LogP contribution < -0.4 is 5.32 Å². The van der Waals surface area contributed by atoms with Gasteiger partial charge in [-0.1, -0.05) is 24.3 Å². The maximum Gasteiger partial charge on any atom is 0.255 e. The first-order chi connectivity index (χ1) is 10.1. The number of aromatic hydroxyl groups is 1. The number of halogens is 2. The first-order valence-corrected chi connectivity index (χ1v) is 7.01. The summed E-state index contributed by atoms with van der Waals surface area (Å²) in [5.74, 6) is -1.38. The van der Waals surface area contributed by atoms with Crippen molar-refractivity contribution >= 4 is 17.5 Å². The fourth-order valence-electron chi connectivity index (χ4n) is 2.62. The molecule has 2 aromatic carbocycles. The summed E-state index contributed by atoms with van der Waals surface area (Å²) in [6, 6.07) is 10.6. The molecule has 0 aliphatic heterocycles. The lowest BCUT2D eigenvalue weighted by Crippen LogP contribution is -2.31. The van der Waals surface area contributed by atoms with Crippen LogP contribution in [0.15, 0.2) is 42.5 Å². The molecule has 0 aromatic heterocycles. The molecule has 0 spiro atoms. The summed E-state index contributed by atoms with van der Waals surface area (Å²) in [5.41, 5.74) is 1.95. The fraction of sp³-hybridized carbons (Fsp3) is 0.188. The van der Waals surface area contributed by atoms with E-state index in [9.17, 15) is 14.3 Å². The molecule has 3 rings (SSSR count). The van der Waals surface area contributed by atoms with Gasteiger partial charge in [-0.3, -0.25) is 4.79 Å². The van der Waals surface area contributed by atoms with Crippen LogP contribution in [0.1, 0.15) is 27.5 Å². The molecule has 0 fully saturated rings. The van der Waals surface area contributed by atoms with Crippen LogP contribution in [-0.2, 0) is 6.42 Å². The zero-order chi connectivity index (χ0) is 15.0. The predicted octanol–water partition coefficient (Wildman–Crippen LogP) is 3.17. The number of alkyl halides is 1. The van der Waals surface area contributed by atoms with Gasteiger partial charge >= 0.3 is 0 Å². The number of phenols is 1. The van der Waals surface area contributed by atoms with Gasteiger partial charge in [0.2, 0.25) is 0 Å². The van der Waals surface area contributed by atoms with Crippen LogP contribution in [0.5, 0.6) is 5.75 Å². The zero-order valence-electron chi connectivity index (χ0n) is 11.0. The highest BCUT2D eigenvalue weighted by atomic mass is 35.5. The Balaban J connectivity index is 1.87. The van der Waals surface area contributed by atoms with E-state index in [-0.39, 0.29) is 22.7 Å². The average Bonchev–Trinajstić information content (AvgIpc) is 2.78. The first kappa shape index (κ1) is 13.9. The highest BCUT2D eigenvalue weighted by Crippen LogP contribution is 2.35. The Morgan fingerprint density at radius 3 is 2.86 bits per heavy atom. The predicted molar refractivity (Wildman–Crippen MR) is 78.1 cm³/mol. The lowest BCUT2D eigenvalue weighted by atomic mass is 10.1. The highest BCUT2D eigenvalue weighted by Gasteiger charge is 2.32. The van der Waals surface area contributed by atoms with E-state index in [0.717, 1.165) is 29.3 Å². The van der Waals surface area contributed by atoms with Gasteiger partial charge in [-0.05, 0) is 35.7 Å². The summed E-state index contributed by atoms with van der Waals surface area (Å²) < 4.78 is 13.2. The van der Waals surface area contributed by atoms with E-state index in [1.165, 1.54) is 0 Å². The molecular formula is C16H13ClFNO2. The lowest BCUT2D eigenvalue weighted by molar-refractivity contribution is 0.0934. The molecule has 1 aliphatic rings. The van der Waals surface area contributed by atoms with E-state index in [0.29, 0.717) is 6.42 Å². The van der Waals surface area contributed by atoms with Crippen LogP contribution in [0, 0.1) is 5.82 Å². The van der Waals surface area contributed by atoms with Gasteiger partial charge in [0.15, 0.2) is 0 Å². The fourth-order valence-corrected chi connectivity index (χ4v) is 2.99. The Hall–Kier alpha value is -2.07. The third kappa shape index (κ3) is 2.59. The van der Waals surface area contributed by atoms with Gasteiger partial charge in [-0.25, -0.2) is 4.39 Å². The third-order valence-corrected chi connectivity index (χ3v) is 4.06. The van der Waals surface area contributed by atoms with Crippen molar-refractivity contribution in [3.63, 3.8) is 0 Å². The second-order valence-electron chi connectivity index (χ2n) is 5.03. The van der Waals surface area contributed by atoms with Gasteiger partial charge < -0.3 is 10.4 Å². The quantitative estimate of drug-likeness (QED) is 0.837. The minimum atomic E-state index is -0.577. The van der Waals surface area contributed by atoms with Crippen LogP contribution in [0.4, 0.5) is 4.39 Å². The molecule has 21 heavy (non-hydrogen) atoms. The normalized spacial score (nSPS) is 20.1. The zero-order valence-corrected chi connectivity index (χ0v) is 11.8. The summed E-state index contributed by atoms with van der Waals surface area (Å²) in [4.78, 5) is 12.2. The first-order valence-electron chi connectivity index (χ1n) is 6.57. The van der Waals surface area contributed by atoms with Crippen LogP contribution in [0.3, 0.4) is 0 Å². The Kier molecular flexibility index (Phi) is 3.55. The molecule has 1 amide bonds. The van der Waals surface area contributed by atoms with E-state index < -0.39 is 11.7 Å². The van der Waals surface area contributed by atoms with Crippen molar-refractivity contribution in [3.8, 4) is 5.75 Å². The van der Waals surface area contributed by atoms with Crippen molar-refractivity contribution in [2.24, 2.45) is 0 Å². The molecule has 0 heterocycles. The van der Waals surface area contributed by atoms with Gasteiger partial charge in [0, 0.05) is 0 Å². The van der Waals surface area contributed by atoms with E-state index in [1.54, 1.807) is 0 Å². The number of amides is 1. The number of carbonyl (C=O) groups is 1. The average molecular weight is 306 g/mol. The number of nitrogens with one attached hydrogen (secondary N) is 1. The molecule has 0 radical (unpaired) electrons. The van der Waals surface area contributed by atoms with Crippen molar-refractivity contribution in [1.29, 1.82) is 0 Å². The summed E-state index contributed by atoms with van der Waals surface area (Å²) in [6.45, 7) is 0. The minimum Gasteiger partial charge on any atom is -0.507 e. The van der Waals surface area contributed by atoms with Crippen molar-refractivity contribution in [3.05, 3.63) is 65.0 Å². The van der Waals surface area contributed by atoms with Gasteiger partial charge in [0.1, 0.15) is 11.6 Å². The van der Waals surface area contributed by atoms with Gasteiger partial charge in [-0.15, -0.1) is 11.6 Å². The number of hydrogen-bond donors (Lipinski definition) is 2. The molecule has 2 N–H and O–H groups in total. The molecular weight excluding hydrogens is 293 g/mol. The smallest absolute Gasteiger partial charge is 0.255 e. The number of rotatable bonds is 2. The van der Waals surface area contributed by atoms with Crippen LogP contribution in [0.25, 0.3) is 0 Å². The second-order valence-corrected chi connectivity index (χ2v) is 5.59. The topological polar surface area (TPSA) is 49.3 Å². The molecule has 0 saturated heterocycles. The molecule has 2 atom stereocenters. The van der Waals surface area contributed by atoms with Crippen LogP contribution >= 0.6 is 11.6 Å². The minimum absolute atomic E-state index is 0.0942. The molecule has 2 aromatic rings. The number of fused-ring (bicyclic) bond motifs is 1. The Morgan fingerprint density at radius 2 is 2.05 bits per heavy atom. The van der Waals surface area contributed by atoms with Crippen molar-refractivity contribution in [2.75, 3.05) is 0 Å². The largest absolute Gasteiger partial charge is 0.507 e. The lowest BCUT2D eigenvalue weighted by Gasteiger charge is -2.18. The molecule has 0 saturated carbocycles. The van der Waals surface area contributed by atoms with Gasteiger partial charge in [0.05, 0.1) is 17.0 Å². The van der Waals surface area contributed by atoms with Crippen molar-refractivity contribution < 1.29 is 14.3 Å². The molecule has 5 heteroatoms. The van der Waals surface area contributed by atoms with E-state index in [1.807, 2.05) is 24.3 Å². The molecule has 1 aliphatic carbocycles. The maximum absolute atomic E-state index is 13.2. The Bertz CT molecular complexity index is 704. The van der Waals surface area contributed by atoms with E-state index >= 15 is 0 Å². The maximum atomic E-state index is 13.2. The molecule has 0 bridgehead atoms. The Labute approximate surface area is 126 Å². The summed E-state index contributed by atoms with van der Waals surface area (Å²) in [5, 5.41) is 12.2. The van der Waals surface area contributed by atoms with Crippen molar-refractivity contribution in [1.82, 2.24) is 5.32 Å². The second kappa shape index (κ2) is 5.37. The van der Waals surface area contributed by atoms with Crippen molar-refractivity contribution in [2.45, 2.75) is 17.8 Å². The number of hydrogen-bond acceptors (Lipinski definition) is 2. The number of phenolic OH excluding ortho intramolecular Hbond substituents is 1. The third-order valence-electron chi connectivity index (χ3n) is 3.66. The number of carbonyl (C=O) groups excluding carboxylic acids is 1. The summed E-state index contributed by atoms with van der Waals surface area (Å²) >= 11 is 6.29. The summed E-state index contributed by atoms with van der Waals surface area (Å²) in [7, 11) is 0.